The van der Waals surface area contributed by atoms with Crippen molar-refractivity contribution in [3.63, 3.8) is 0 Å². The molecule has 0 saturated heterocycles. The smallest absolute Gasteiger partial charge is 0.481 e. The molecule has 0 saturated carbocycles. The molecule has 0 unspecified atom stereocenters. The monoisotopic (exact) mass is 351 g/mol. The maximum atomic E-state index is 14.2. The Hall–Kier alpha value is -2.78. The minimum atomic E-state index is -4.95. The summed E-state index contributed by atoms with van der Waals surface area (Å²) in [5, 5.41) is 8.61. The summed E-state index contributed by atoms with van der Waals surface area (Å²) in [6.45, 7) is 0. The summed E-state index contributed by atoms with van der Waals surface area (Å²) < 4.78 is 81.2. The molecule has 2 rings (SSSR count). The fourth-order valence-corrected chi connectivity index (χ4v) is 1.90. The summed E-state index contributed by atoms with van der Waals surface area (Å²) in [5.74, 6) is -7.00. The third kappa shape index (κ3) is 3.94. The maximum Gasteiger partial charge on any atom is 0.573 e. The third-order valence-corrected chi connectivity index (χ3v) is 2.80. The molecule has 0 radical (unpaired) electrons. The Kier molecular flexibility index (Phi) is 4.67. The van der Waals surface area contributed by atoms with E-state index in [9.17, 15) is 31.1 Å². The number of rotatable bonds is 4. The van der Waals surface area contributed by atoms with Crippen LogP contribution >= 0.6 is 0 Å². The molecule has 4 nitrogen and oxygen atoms in total. The number of ether oxygens (including phenoxy) is 1. The van der Waals surface area contributed by atoms with Gasteiger partial charge >= 0.3 is 12.3 Å². The van der Waals surface area contributed by atoms with Gasteiger partial charge in [0.15, 0.2) is 11.6 Å². The molecule has 1 N–H and O–H groups in total. The quantitative estimate of drug-likeness (QED) is 0.674. The van der Waals surface area contributed by atoms with Gasteiger partial charge in [-0.3, -0.25) is 4.79 Å². The van der Waals surface area contributed by atoms with Crippen LogP contribution < -0.4 is 4.74 Å². The molecule has 0 fully saturated rings. The molecule has 1 aromatic carbocycles. The number of pyridine rings is 1. The molecule has 0 aliphatic heterocycles. The Balaban J connectivity index is 2.48. The van der Waals surface area contributed by atoms with E-state index < -0.39 is 53.3 Å². The van der Waals surface area contributed by atoms with Crippen molar-refractivity contribution in [3.05, 3.63) is 47.5 Å². The van der Waals surface area contributed by atoms with Gasteiger partial charge in [-0.05, 0) is 17.7 Å². The zero-order valence-electron chi connectivity index (χ0n) is 11.5. The number of nitrogens with zero attached hydrogens (tertiary/aromatic N) is 1. The van der Waals surface area contributed by atoms with Crippen LogP contribution in [0.5, 0.6) is 5.75 Å². The van der Waals surface area contributed by atoms with Crippen molar-refractivity contribution in [2.45, 2.75) is 12.8 Å². The first-order valence-electron chi connectivity index (χ1n) is 6.20. The largest absolute Gasteiger partial charge is 0.573 e. The number of carboxylic acids is 1. The Morgan fingerprint density at radius 1 is 1.08 bits per heavy atom. The number of benzene rings is 1. The number of hydrogen-bond acceptors (Lipinski definition) is 3. The molecule has 1 aromatic heterocycles. The maximum absolute atomic E-state index is 14.2. The van der Waals surface area contributed by atoms with E-state index in [0.717, 1.165) is 24.3 Å². The van der Waals surface area contributed by atoms with E-state index in [1.807, 2.05) is 0 Å². The van der Waals surface area contributed by atoms with Crippen LogP contribution in [0.15, 0.2) is 24.3 Å². The second kappa shape index (κ2) is 6.38. The zero-order chi connectivity index (χ0) is 18.1. The number of alkyl halides is 3. The SMILES string of the molecule is O=C(O)Cc1nc(F)c(F)c(-c2ccc(OC(F)(F)F)cc2)c1F. The highest BCUT2D eigenvalue weighted by Crippen LogP contribution is 2.31. The van der Waals surface area contributed by atoms with Crippen LogP contribution in [0.3, 0.4) is 0 Å². The Morgan fingerprint density at radius 3 is 2.17 bits per heavy atom. The Labute approximate surface area is 130 Å². The summed E-state index contributed by atoms with van der Waals surface area (Å²) in [6, 6.07) is 3.28. The van der Waals surface area contributed by atoms with E-state index in [1.165, 1.54) is 0 Å². The Bertz CT molecular complexity index is 774. The number of carbonyl (C=O) groups is 1. The standard InChI is InChI=1S/C14H7F6NO3/c15-11-8(5-9(22)23)21-13(17)12(16)10(11)6-1-3-7(4-2-6)24-14(18,19)20/h1-4H,5H2,(H,22,23). The van der Waals surface area contributed by atoms with Crippen molar-refractivity contribution in [3.8, 4) is 16.9 Å². The highest BCUT2D eigenvalue weighted by Gasteiger charge is 2.31. The number of aliphatic carboxylic acids is 1. The molecule has 2 aromatic rings. The summed E-state index contributed by atoms with van der Waals surface area (Å²) in [5.41, 5.74) is -2.09. The lowest BCUT2D eigenvalue weighted by atomic mass is 10.0. The second-order valence-corrected chi connectivity index (χ2v) is 4.49. The van der Waals surface area contributed by atoms with Crippen molar-refractivity contribution < 1.29 is 41.0 Å². The predicted octanol–water partition coefficient (Wildman–Crippen LogP) is 3.69. The van der Waals surface area contributed by atoms with Gasteiger partial charge in [0.2, 0.25) is 5.95 Å². The average molecular weight is 351 g/mol. The number of carboxylic acid groups (broad SMARTS) is 1. The van der Waals surface area contributed by atoms with E-state index in [-0.39, 0.29) is 5.56 Å². The fourth-order valence-electron chi connectivity index (χ4n) is 1.90. The Morgan fingerprint density at radius 2 is 1.67 bits per heavy atom. The van der Waals surface area contributed by atoms with Crippen LogP contribution in [-0.2, 0) is 11.2 Å². The number of hydrogen-bond donors (Lipinski definition) is 1. The average Bonchev–Trinajstić information content (AvgIpc) is 2.44. The first kappa shape index (κ1) is 17.6. The fraction of sp³-hybridized carbons (Fsp3) is 0.143. The van der Waals surface area contributed by atoms with Crippen LogP contribution in [0.2, 0.25) is 0 Å². The minimum Gasteiger partial charge on any atom is -0.481 e. The lowest BCUT2D eigenvalue weighted by Crippen LogP contribution is -2.17. The minimum absolute atomic E-state index is 0.313. The van der Waals surface area contributed by atoms with Gasteiger partial charge in [0.05, 0.1) is 17.7 Å². The van der Waals surface area contributed by atoms with Crippen molar-refractivity contribution >= 4 is 5.97 Å². The van der Waals surface area contributed by atoms with Gasteiger partial charge < -0.3 is 9.84 Å². The molecule has 0 atom stereocenters. The predicted molar refractivity (Wildman–Crippen MR) is 67.6 cm³/mol. The molecule has 1 heterocycles. The topological polar surface area (TPSA) is 59.4 Å². The van der Waals surface area contributed by atoms with Crippen molar-refractivity contribution in [1.82, 2.24) is 4.98 Å². The van der Waals surface area contributed by atoms with Crippen LogP contribution in [0.4, 0.5) is 26.3 Å². The highest BCUT2D eigenvalue weighted by atomic mass is 19.4. The van der Waals surface area contributed by atoms with E-state index in [0.29, 0.717) is 0 Å². The van der Waals surface area contributed by atoms with Gasteiger partial charge in [0.1, 0.15) is 5.75 Å². The molecule has 128 valence electrons. The lowest BCUT2D eigenvalue weighted by Gasteiger charge is -2.11. The van der Waals surface area contributed by atoms with Crippen molar-refractivity contribution in [1.29, 1.82) is 0 Å². The van der Waals surface area contributed by atoms with Gasteiger partial charge in [-0.25, -0.2) is 13.8 Å². The molecule has 0 spiro atoms. The van der Waals surface area contributed by atoms with E-state index >= 15 is 0 Å². The van der Waals surface area contributed by atoms with Gasteiger partial charge in [-0.15, -0.1) is 13.2 Å². The van der Waals surface area contributed by atoms with Crippen LogP contribution in [-0.4, -0.2) is 22.4 Å². The van der Waals surface area contributed by atoms with Crippen molar-refractivity contribution in [2.24, 2.45) is 0 Å². The van der Waals surface area contributed by atoms with Crippen molar-refractivity contribution in [2.75, 3.05) is 0 Å². The van der Waals surface area contributed by atoms with Gasteiger partial charge in [0.25, 0.3) is 0 Å². The summed E-state index contributed by atoms with van der Waals surface area (Å²) >= 11 is 0. The molecular formula is C14H7F6NO3. The van der Waals surface area contributed by atoms with Crippen LogP contribution in [0.1, 0.15) is 5.69 Å². The first-order chi connectivity index (χ1) is 11.1. The summed E-state index contributed by atoms with van der Waals surface area (Å²) in [4.78, 5) is 13.5. The molecule has 10 heteroatoms. The molecule has 0 bridgehead atoms. The third-order valence-electron chi connectivity index (χ3n) is 2.80. The van der Waals surface area contributed by atoms with Gasteiger partial charge in [-0.2, -0.15) is 4.39 Å². The van der Waals surface area contributed by atoms with E-state index in [1.54, 1.807) is 0 Å². The second-order valence-electron chi connectivity index (χ2n) is 4.49. The normalized spacial score (nSPS) is 11.4. The summed E-state index contributed by atoms with van der Waals surface area (Å²) in [6.07, 6.45) is -5.94. The zero-order valence-corrected chi connectivity index (χ0v) is 11.5. The van der Waals surface area contributed by atoms with E-state index in [2.05, 4.69) is 9.72 Å². The number of halogens is 6. The molecule has 24 heavy (non-hydrogen) atoms. The van der Waals surface area contributed by atoms with Gasteiger partial charge in [0, 0.05) is 0 Å². The van der Waals surface area contributed by atoms with Gasteiger partial charge in [-0.1, -0.05) is 12.1 Å². The van der Waals surface area contributed by atoms with Crippen LogP contribution in [0.25, 0.3) is 11.1 Å². The molecule has 0 aliphatic carbocycles. The number of aromatic nitrogens is 1. The molecular weight excluding hydrogens is 344 g/mol. The summed E-state index contributed by atoms with van der Waals surface area (Å²) in [7, 11) is 0. The van der Waals surface area contributed by atoms with E-state index in [4.69, 9.17) is 5.11 Å². The first-order valence-corrected chi connectivity index (χ1v) is 6.20. The lowest BCUT2D eigenvalue weighted by molar-refractivity contribution is -0.274. The molecule has 0 amide bonds. The highest BCUT2D eigenvalue weighted by molar-refractivity contribution is 5.72. The van der Waals surface area contributed by atoms with Crippen LogP contribution in [0, 0.1) is 17.6 Å². The molecule has 0 aliphatic rings.